The first-order valence-electron chi connectivity index (χ1n) is 8.63. The van der Waals surface area contributed by atoms with Crippen LogP contribution in [0, 0.1) is 0 Å². The Labute approximate surface area is 182 Å². The number of urea groups is 1. The van der Waals surface area contributed by atoms with Crippen molar-refractivity contribution in [1.82, 2.24) is 5.32 Å². The standard InChI is InChI=1S/C20H12ClF3N2O6/c1-32-15-5-2-9(6-11(15)18(29)30)7-12-16(27)25-19(31)26(17(12)28)14-8-10(20(22,23)24)3-4-13(14)21/h2-8H,1H3,(H,29,30)(H,25,27,31). The summed E-state index contributed by atoms with van der Waals surface area (Å²) in [6.07, 6.45) is -3.79. The zero-order valence-electron chi connectivity index (χ0n) is 16.0. The average Bonchev–Trinajstić information content (AvgIpc) is 2.71. The Morgan fingerprint density at radius 3 is 2.44 bits per heavy atom. The third kappa shape index (κ3) is 4.28. The summed E-state index contributed by atoms with van der Waals surface area (Å²) in [5.74, 6) is -3.68. The molecular formula is C20H12ClF3N2O6. The van der Waals surface area contributed by atoms with Gasteiger partial charge in [0.25, 0.3) is 11.8 Å². The fraction of sp³-hybridized carbons (Fsp3) is 0.100. The van der Waals surface area contributed by atoms with Crippen LogP contribution in [0.15, 0.2) is 42.0 Å². The molecule has 4 amide bonds. The molecule has 1 heterocycles. The smallest absolute Gasteiger partial charge is 0.416 e. The number of carbonyl (C=O) groups excluding carboxylic acids is 3. The molecule has 0 unspecified atom stereocenters. The van der Waals surface area contributed by atoms with E-state index in [9.17, 15) is 37.5 Å². The number of hydrogen-bond acceptors (Lipinski definition) is 5. The number of carbonyl (C=O) groups is 4. The number of aromatic carboxylic acids is 1. The maximum atomic E-state index is 13.1. The van der Waals surface area contributed by atoms with Gasteiger partial charge in [-0.3, -0.25) is 14.9 Å². The molecule has 2 aromatic rings. The van der Waals surface area contributed by atoms with E-state index in [1.165, 1.54) is 19.2 Å². The number of rotatable bonds is 4. The van der Waals surface area contributed by atoms with Crippen LogP contribution in [0.2, 0.25) is 5.02 Å². The molecule has 1 saturated heterocycles. The number of methoxy groups -OCH3 is 1. The predicted molar refractivity (Wildman–Crippen MR) is 105 cm³/mol. The Hall–Kier alpha value is -3.86. The lowest BCUT2D eigenvalue weighted by Gasteiger charge is -2.27. The molecule has 2 aromatic carbocycles. The van der Waals surface area contributed by atoms with Gasteiger partial charge in [0, 0.05) is 0 Å². The van der Waals surface area contributed by atoms with Crippen molar-refractivity contribution < 1.29 is 42.2 Å². The molecule has 1 fully saturated rings. The SMILES string of the molecule is COc1ccc(C=C2C(=O)NC(=O)N(c3cc(C(F)(F)F)ccc3Cl)C2=O)cc1C(=O)O. The zero-order valence-corrected chi connectivity index (χ0v) is 16.7. The monoisotopic (exact) mass is 468 g/mol. The van der Waals surface area contributed by atoms with Gasteiger partial charge < -0.3 is 9.84 Å². The summed E-state index contributed by atoms with van der Waals surface area (Å²) < 4.78 is 44.2. The van der Waals surface area contributed by atoms with Crippen LogP contribution < -0.4 is 15.0 Å². The summed E-state index contributed by atoms with van der Waals surface area (Å²) in [5.41, 5.74) is -2.55. The first-order valence-corrected chi connectivity index (χ1v) is 9.01. The predicted octanol–water partition coefficient (Wildman–Crippen LogP) is 3.73. The normalized spacial score (nSPS) is 15.7. The molecule has 0 saturated carbocycles. The lowest BCUT2D eigenvalue weighted by molar-refractivity contribution is -0.137. The van der Waals surface area contributed by atoms with Crippen molar-refractivity contribution in [3.8, 4) is 5.75 Å². The molecule has 0 bridgehead atoms. The second-order valence-corrected chi connectivity index (χ2v) is 6.79. The van der Waals surface area contributed by atoms with Crippen molar-refractivity contribution in [2.24, 2.45) is 0 Å². The van der Waals surface area contributed by atoms with E-state index in [1.807, 2.05) is 5.32 Å². The van der Waals surface area contributed by atoms with Gasteiger partial charge in [-0.25, -0.2) is 14.5 Å². The molecule has 0 atom stereocenters. The van der Waals surface area contributed by atoms with Gasteiger partial charge in [-0.1, -0.05) is 17.7 Å². The number of nitrogens with zero attached hydrogens (tertiary/aromatic N) is 1. The summed E-state index contributed by atoms with van der Waals surface area (Å²) in [6.45, 7) is 0. The Bertz CT molecular complexity index is 1190. The number of alkyl halides is 3. The van der Waals surface area contributed by atoms with Gasteiger partial charge in [-0.05, 0) is 42.0 Å². The lowest BCUT2D eigenvalue weighted by Crippen LogP contribution is -2.54. The molecule has 1 aliphatic heterocycles. The number of ether oxygens (including phenoxy) is 1. The Morgan fingerprint density at radius 2 is 1.84 bits per heavy atom. The molecule has 0 aromatic heterocycles. The maximum Gasteiger partial charge on any atom is 0.416 e. The molecule has 2 N–H and O–H groups in total. The van der Waals surface area contributed by atoms with Crippen molar-refractivity contribution >= 4 is 47.2 Å². The third-order valence-corrected chi connectivity index (χ3v) is 4.70. The molecule has 8 nitrogen and oxygen atoms in total. The summed E-state index contributed by atoms with van der Waals surface area (Å²) in [4.78, 5) is 49.1. The van der Waals surface area contributed by atoms with E-state index < -0.39 is 46.8 Å². The van der Waals surface area contributed by atoms with Crippen LogP contribution in [0.1, 0.15) is 21.5 Å². The second kappa shape index (κ2) is 8.35. The van der Waals surface area contributed by atoms with E-state index in [0.717, 1.165) is 18.2 Å². The lowest BCUT2D eigenvalue weighted by atomic mass is 10.0. The average molecular weight is 469 g/mol. The van der Waals surface area contributed by atoms with Gasteiger partial charge in [0.1, 0.15) is 16.9 Å². The van der Waals surface area contributed by atoms with Crippen LogP contribution in [0.4, 0.5) is 23.7 Å². The van der Waals surface area contributed by atoms with Crippen molar-refractivity contribution in [1.29, 1.82) is 0 Å². The van der Waals surface area contributed by atoms with Crippen LogP contribution in [-0.4, -0.2) is 36.0 Å². The van der Waals surface area contributed by atoms with Gasteiger partial charge in [-0.15, -0.1) is 0 Å². The van der Waals surface area contributed by atoms with Crippen LogP contribution in [0.25, 0.3) is 6.08 Å². The fourth-order valence-electron chi connectivity index (χ4n) is 2.89. The van der Waals surface area contributed by atoms with Crippen molar-refractivity contribution in [3.63, 3.8) is 0 Å². The maximum absolute atomic E-state index is 13.1. The number of benzene rings is 2. The number of halogens is 4. The number of nitrogens with one attached hydrogen (secondary N) is 1. The number of hydrogen-bond donors (Lipinski definition) is 2. The Balaban J connectivity index is 2.09. The molecule has 0 aliphatic carbocycles. The van der Waals surface area contributed by atoms with E-state index in [-0.39, 0.29) is 21.9 Å². The van der Waals surface area contributed by atoms with Crippen molar-refractivity contribution in [2.45, 2.75) is 6.18 Å². The van der Waals surface area contributed by atoms with E-state index in [4.69, 9.17) is 16.3 Å². The van der Waals surface area contributed by atoms with Gasteiger partial charge in [0.15, 0.2) is 0 Å². The minimum Gasteiger partial charge on any atom is -0.496 e. The molecular weight excluding hydrogens is 457 g/mol. The molecule has 12 heteroatoms. The number of anilines is 1. The van der Waals surface area contributed by atoms with Gasteiger partial charge >= 0.3 is 18.2 Å². The molecule has 0 radical (unpaired) electrons. The van der Waals surface area contributed by atoms with Gasteiger partial charge in [0.2, 0.25) is 0 Å². The van der Waals surface area contributed by atoms with Gasteiger partial charge in [-0.2, -0.15) is 13.2 Å². The molecule has 166 valence electrons. The summed E-state index contributed by atoms with van der Waals surface area (Å²) in [6, 6.07) is 4.49. The molecule has 0 spiro atoms. The fourth-order valence-corrected chi connectivity index (χ4v) is 3.09. The third-order valence-electron chi connectivity index (χ3n) is 4.38. The van der Waals surface area contributed by atoms with Crippen molar-refractivity contribution in [2.75, 3.05) is 12.0 Å². The number of imide groups is 2. The Morgan fingerprint density at radius 1 is 1.16 bits per heavy atom. The highest BCUT2D eigenvalue weighted by molar-refractivity contribution is 6.42. The first-order chi connectivity index (χ1) is 14.9. The number of carboxylic acids is 1. The van der Waals surface area contributed by atoms with Crippen LogP contribution in [0.5, 0.6) is 5.75 Å². The molecule has 3 rings (SSSR count). The Kier molecular flexibility index (Phi) is 5.95. The first kappa shape index (κ1) is 22.8. The summed E-state index contributed by atoms with van der Waals surface area (Å²) in [7, 11) is 1.25. The van der Waals surface area contributed by atoms with Crippen LogP contribution >= 0.6 is 11.6 Å². The van der Waals surface area contributed by atoms with Crippen molar-refractivity contribution in [3.05, 3.63) is 63.7 Å². The highest BCUT2D eigenvalue weighted by Crippen LogP contribution is 2.36. The second-order valence-electron chi connectivity index (χ2n) is 6.39. The summed E-state index contributed by atoms with van der Waals surface area (Å²) in [5, 5.41) is 10.8. The zero-order chi connectivity index (χ0) is 23.8. The number of carboxylic acid groups (broad SMARTS) is 1. The van der Waals surface area contributed by atoms with E-state index in [1.54, 1.807) is 0 Å². The van der Waals surface area contributed by atoms with E-state index in [2.05, 4.69) is 0 Å². The van der Waals surface area contributed by atoms with E-state index >= 15 is 0 Å². The largest absolute Gasteiger partial charge is 0.496 e. The highest BCUT2D eigenvalue weighted by atomic mass is 35.5. The quantitative estimate of drug-likeness (QED) is 0.522. The van der Waals surface area contributed by atoms with E-state index in [0.29, 0.717) is 17.0 Å². The summed E-state index contributed by atoms with van der Waals surface area (Å²) >= 11 is 5.92. The molecule has 1 aliphatic rings. The van der Waals surface area contributed by atoms with Gasteiger partial charge in [0.05, 0.1) is 23.4 Å². The minimum absolute atomic E-state index is 0.0200. The van der Waals surface area contributed by atoms with Crippen LogP contribution in [-0.2, 0) is 15.8 Å². The minimum atomic E-state index is -4.78. The topological polar surface area (TPSA) is 113 Å². The number of amides is 4. The number of barbiturate groups is 1. The molecule has 32 heavy (non-hydrogen) atoms. The highest BCUT2D eigenvalue weighted by Gasteiger charge is 2.39. The van der Waals surface area contributed by atoms with Crippen LogP contribution in [0.3, 0.4) is 0 Å².